The Bertz CT molecular complexity index is 1830. The summed E-state index contributed by atoms with van der Waals surface area (Å²) in [6.07, 6.45) is 22.6. The zero-order valence-electron chi connectivity index (χ0n) is 45.6. The van der Waals surface area contributed by atoms with Crippen LogP contribution in [-0.4, -0.2) is 39.6 Å². The highest BCUT2D eigenvalue weighted by atomic mass is 16.5. The van der Waals surface area contributed by atoms with Crippen LogP contribution in [0.5, 0.6) is 34.5 Å². The molecule has 0 radical (unpaired) electrons. The average Bonchev–Trinajstić information content (AvgIpc) is 3.66. The first-order valence-electron chi connectivity index (χ1n) is 27.4. The summed E-state index contributed by atoms with van der Waals surface area (Å²) in [4.78, 5) is 0. The molecule has 0 saturated carbocycles. The molecule has 0 aromatic heterocycles. The SMILES string of the molecule is CCCCCCCCOc1cc(C(C)(C)CC)c(OCCCCCCCC)cc1C.CCCOc1cc2c(cc1OCCC)C1(CC2(C)C)CC(C)(C)c2cc(OCCC)c(OCCC)cc21. The molecule has 1 spiro atoms. The molecule has 0 saturated heterocycles. The van der Waals surface area contributed by atoms with E-state index in [0.717, 1.165) is 105 Å². The average molecular weight is 927 g/mol. The van der Waals surface area contributed by atoms with E-state index in [-0.39, 0.29) is 21.7 Å². The number of benzene rings is 3. The first-order chi connectivity index (χ1) is 32.1. The van der Waals surface area contributed by atoms with Crippen LogP contribution in [0.25, 0.3) is 0 Å². The van der Waals surface area contributed by atoms with Crippen molar-refractivity contribution in [3.8, 4) is 34.5 Å². The lowest BCUT2D eigenvalue weighted by Gasteiger charge is -2.31. The van der Waals surface area contributed by atoms with E-state index in [4.69, 9.17) is 28.4 Å². The molecule has 3 aromatic rings. The molecule has 0 atom stereocenters. The Balaban J connectivity index is 0.000000300. The third kappa shape index (κ3) is 15.0. The van der Waals surface area contributed by atoms with Gasteiger partial charge in [-0.2, -0.15) is 0 Å². The Morgan fingerprint density at radius 2 is 0.731 bits per heavy atom. The maximum atomic E-state index is 6.29. The molecule has 0 aliphatic heterocycles. The first kappa shape index (κ1) is 56.1. The Labute approximate surface area is 411 Å². The molecule has 2 aliphatic carbocycles. The molecule has 0 N–H and O–H groups in total. The lowest BCUT2D eigenvalue weighted by Crippen LogP contribution is -2.27. The van der Waals surface area contributed by atoms with Crippen molar-refractivity contribution in [2.45, 2.75) is 241 Å². The number of unbranched alkanes of at least 4 members (excludes halogenated alkanes) is 10. The maximum Gasteiger partial charge on any atom is 0.161 e. The standard InChI is InChI=1S/C33H48O4.C28H50O2/c1-9-13-34-27-17-23-25(19-29(27)36-15-11-3)33(21-31(23,5)6)22-32(7,8)24-18-28(35-14-10-2)30(20-26(24)33)37-16-12-4;1-7-10-12-14-16-18-20-29-26-23-25(28(5,6)9-3)27(22-24(26)4)30-21-19-17-15-13-11-8-2/h17-20H,9-16,21-22H2,1-8H3;22-23H,7-21H2,1-6H3. The molecule has 0 amide bonds. The van der Waals surface area contributed by atoms with E-state index in [1.54, 1.807) is 0 Å². The van der Waals surface area contributed by atoms with Crippen molar-refractivity contribution in [3.63, 3.8) is 0 Å². The zero-order chi connectivity index (χ0) is 49.1. The van der Waals surface area contributed by atoms with Gasteiger partial charge in [0.25, 0.3) is 0 Å². The van der Waals surface area contributed by atoms with E-state index in [9.17, 15) is 0 Å². The summed E-state index contributed by atoms with van der Waals surface area (Å²) in [7, 11) is 0. The molecule has 2 aliphatic rings. The van der Waals surface area contributed by atoms with Gasteiger partial charge in [0.1, 0.15) is 11.5 Å². The first-order valence-corrected chi connectivity index (χ1v) is 27.4. The maximum absolute atomic E-state index is 6.29. The lowest BCUT2D eigenvalue weighted by atomic mass is 9.72. The predicted molar refractivity (Wildman–Crippen MR) is 284 cm³/mol. The number of hydrogen-bond donors (Lipinski definition) is 0. The lowest BCUT2D eigenvalue weighted by molar-refractivity contribution is 0.267. The van der Waals surface area contributed by atoms with Gasteiger partial charge in [0.05, 0.1) is 39.6 Å². The van der Waals surface area contributed by atoms with Gasteiger partial charge >= 0.3 is 0 Å². The van der Waals surface area contributed by atoms with E-state index in [1.165, 1.54) is 97.6 Å². The highest BCUT2D eigenvalue weighted by molar-refractivity contribution is 5.66. The minimum Gasteiger partial charge on any atom is -0.493 e. The van der Waals surface area contributed by atoms with E-state index in [1.807, 2.05) is 0 Å². The molecule has 0 heterocycles. The second kappa shape index (κ2) is 27.0. The van der Waals surface area contributed by atoms with Crippen molar-refractivity contribution in [1.82, 2.24) is 0 Å². The summed E-state index contributed by atoms with van der Waals surface area (Å²) in [5, 5.41) is 0. The van der Waals surface area contributed by atoms with Gasteiger partial charge in [0, 0.05) is 11.0 Å². The monoisotopic (exact) mass is 927 g/mol. The number of hydrogen-bond acceptors (Lipinski definition) is 6. The van der Waals surface area contributed by atoms with Crippen molar-refractivity contribution in [2.75, 3.05) is 39.6 Å². The molecule has 0 bridgehead atoms. The summed E-state index contributed by atoms with van der Waals surface area (Å²) in [6.45, 7) is 36.1. The minimum absolute atomic E-state index is 0.0163. The topological polar surface area (TPSA) is 55.4 Å². The quantitative estimate of drug-likeness (QED) is 0.0621. The van der Waals surface area contributed by atoms with E-state index in [0.29, 0.717) is 26.4 Å². The van der Waals surface area contributed by atoms with Crippen molar-refractivity contribution in [2.24, 2.45) is 0 Å². The highest BCUT2D eigenvalue weighted by Crippen LogP contribution is 2.65. The molecule has 6 nitrogen and oxygen atoms in total. The van der Waals surface area contributed by atoms with Crippen LogP contribution >= 0.6 is 0 Å². The molecular weight excluding hydrogens is 829 g/mol. The fourth-order valence-electron chi connectivity index (χ4n) is 10.4. The summed E-state index contributed by atoms with van der Waals surface area (Å²) in [5.41, 5.74) is 8.05. The predicted octanol–water partition coefficient (Wildman–Crippen LogP) is 17.7. The number of aryl methyl sites for hydroxylation is 1. The van der Waals surface area contributed by atoms with Crippen LogP contribution < -0.4 is 28.4 Å². The fraction of sp³-hybridized carbons (Fsp3) is 0.705. The van der Waals surface area contributed by atoms with E-state index < -0.39 is 0 Å². The highest BCUT2D eigenvalue weighted by Gasteiger charge is 2.57. The minimum atomic E-state index is -0.0983. The van der Waals surface area contributed by atoms with Crippen LogP contribution in [-0.2, 0) is 21.7 Å². The van der Waals surface area contributed by atoms with Crippen molar-refractivity contribution < 1.29 is 28.4 Å². The summed E-state index contributed by atoms with van der Waals surface area (Å²) >= 11 is 0. The van der Waals surface area contributed by atoms with Crippen LogP contribution in [0.2, 0.25) is 0 Å². The molecule has 67 heavy (non-hydrogen) atoms. The van der Waals surface area contributed by atoms with Crippen LogP contribution in [0.1, 0.15) is 245 Å². The van der Waals surface area contributed by atoms with Crippen molar-refractivity contribution >= 4 is 0 Å². The second-order valence-corrected chi connectivity index (χ2v) is 21.9. The molecule has 5 rings (SSSR count). The van der Waals surface area contributed by atoms with Gasteiger partial charge < -0.3 is 28.4 Å². The normalized spacial score (nSPS) is 15.1. The summed E-state index contributed by atoms with van der Waals surface area (Å²) in [6, 6.07) is 13.6. The van der Waals surface area contributed by atoms with Crippen molar-refractivity contribution in [3.05, 3.63) is 69.8 Å². The molecule has 378 valence electrons. The Hall–Kier alpha value is -3.54. The molecular formula is C61H98O6. The number of ether oxygens (including phenoxy) is 6. The third-order valence-electron chi connectivity index (χ3n) is 14.4. The molecule has 6 heteroatoms. The second-order valence-electron chi connectivity index (χ2n) is 21.9. The van der Waals surface area contributed by atoms with Gasteiger partial charge in [-0.1, -0.05) is 154 Å². The van der Waals surface area contributed by atoms with Crippen LogP contribution in [0, 0.1) is 6.92 Å². The third-order valence-corrected chi connectivity index (χ3v) is 14.4. The van der Waals surface area contributed by atoms with Crippen molar-refractivity contribution in [1.29, 1.82) is 0 Å². The Morgan fingerprint density at radius 3 is 1.10 bits per heavy atom. The van der Waals surface area contributed by atoms with Gasteiger partial charge in [0.15, 0.2) is 23.0 Å². The molecule has 0 unspecified atom stereocenters. The van der Waals surface area contributed by atoms with E-state index in [2.05, 4.69) is 133 Å². The smallest absolute Gasteiger partial charge is 0.161 e. The fourth-order valence-corrected chi connectivity index (χ4v) is 10.4. The Morgan fingerprint density at radius 1 is 0.388 bits per heavy atom. The molecule has 0 fully saturated rings. The largest absolute Gasteiger partial charge is 0.493 e. The van der Waals surface area contributed by atoms with Gasteiger partial charge in [-0.25, -0.2) is 0 Å². The van der Waals surface area contributed by atoms with Crippen LogP contribution in [0.3, 0.4) is 0 Å². The number of rotatable bonds is 30. The zero-order valence-corrected chi connectivity index (χ0v) is 45.6. The Kier molecular flexibility index (Phi) is 22.6. The van der Waals surface area contributed by atoms with Gasteiger partial charge in [-0.15, -0.1) is 0 Å². The van der Waals surface area contributed by atoms with Gasteiger partial charge in [0.2, 0.25) is 0 Å². The molecule has 3 aromatic carbocycles. The number of fused-ring (bicyclic) bond motifs is 4. The van der Waals surface area contributed by atoms with Crippen LogP contribution in [0.4, 0.5) is 0 Å². The van der Waals surface area contributed by atoms with Crippen LogP contribution in [0.15, 0.2) is 36.4 Å². The van der Waals surface area contributed by atoms with E-state index >= 15 is 0 Å². The van der Waals surface area contributed by atoms with Gasteiger partial charge in [-0.05, 0) is 145 Å². The summed E-state index contributed by atoms with van der Waals surface area (Å²) in [5.74, 6) is 5.61. The van der Waals surface area contributed by atoms with Gasteiger partial charge in [-0.3, -0.25) is 0 Å². The summed E-state index contributed by atoms with van der Waals surface area (Å²) < 4.78 is 37.5.